The van der Waals surface area contributed by atoms with Crippen molar-refractivity contribution in [3.63, 3.8) is 0 Å². The van der Waals surface area contributed by atoms with E-state index in [4.69, 9.17) is 27.9 Å². The van der Waals surface area contributed by atoms with Gasteiger partial charge in [0, 0.05) is 12.7 Å². The Morgan fingerprint density at radius 3 is 2.53 bits per heavy atom. The Hall–Kier alpha value is -2.75. The highest BCUT2D eigenvalue weighted by molar-refractivity contribution is 7.99. The first kappa shape index (κ1) is 23.9. The van der Waals surface area contributed by atoms with Gasteiger partial charge in [0.25, 0.3) is 0 Å². The van der Waals surface area contributed by atoms with E-state index >= 15 is 0 Å². The van der Waals surface area contributed by atoms with Gasteiger partial charge in [-0.15, -0.1) is 10.2 Å². The van der Waals surface area contributed by atoms with Crippen LogP contribution in [0.25, 0.3) is 0 Å². The van der Waals surface area contributed by atoms with Crippen LogP contribution in [0.4, 0.5) is 11.4 Å². The molecule has 0 saturated heterocycles. The highest BCUT2D eigenvalue weighted by Gasteiger charge is 2.15. The zero-order valence-electron chi connectivity index (χ0n) is 17.4. The van der Waals surface area contributed by atoms with Crippen LogP contribution in [0, 0.1) is 0 Å². The number of thioether (sulfide) groups is 1. The molecular formula is C21H21Cl2N5O3S. The molecule has 3 rings (SSSR count). The van der Waals surface area contributed by atoms with Gasteiger partial charge in [0.15, 0.2) is 5.16 Å². The third-order valence-electron chi connectivity index (χ3n) is 4.25. The maximum absolute atomic E-state index is 12.4. The van der Waals surface area contributed by atoms with Crippen LogP contribution in [0.2, 0.25) is 10.0 Å². The normalized spacial score (nSPS) is 10.6. The molecule has 0 bridgehead atoms. The lowest BCUT2D eigenvalue weighted by Crippen LogP contribution is -2.17. The van der Waals surface area contributed by atoms with Gasteiger partial charge in [-0.05, 0) is 43.3 Å². The molecule has 0 spiro atoms. The number of carbonyl (C=O) groups excluding carboxylic acids is 2. The third kappa shape index (κ3) is 6.38. The second kappa shape index (κ2) is 11.2. The summed E-state index contributed by atoms with van der Waals surface area (Å²) in [6, 6.07) is 12.1. The Balaban J connectivity index is 1.52. The molecule has 0 aliphatic heterocycles. The van der Waals surface area contributed by atoms with E-state index in [0.717, 1.165) is 5.75 Å². The van der Waals surface area contributed by atoms with Gasteiger partial charge in [-0.25, -0.2) is 0 Å². The molecule has 11 heteroatoms. The first-order valence-corrected chi connectivity index (χ1v) is 11.4. The maximum atomic E-state index is 12.4. The Labute approximate surface area is 199 Å². The zero-order chi connectivity index (χ0) is 23.1. The van der Waals surface area contributed by atoms with Crippen molar-refractivity contribution in [2.24, 2.45) is 7.05 Å². The van der Waals surface area contributed by atoms with Crippen molar-refractivity contribution < 1.29 is 14.3 Å². The van der Waals surface area contributed by atoms with E-state index in [2.05, 4.69) is 20.8 Å². The number of hydrogen-bond acceptors (Lipinski definition) is 6. The second-order valence-corrected chi connectivity index (χ2v) is 8.31. The van der Waals surface area contributed by atoms with Crippen LogP contribution < -0.4 is 15.4 Å². The number of hydrogen-bond donors (Lipinski definition) is 2. The van der Waals surface area contributed by atoms with Gasteiger partial charge in [-0.1, -0.05) is 41.0 Å². The van der Waals surface area contributed by atoms with Crippen molar-refractivity contribution in [1.82, 2.24) is 14.8 Å². The first-order chi connectivity index (χ1) is 15.4. The fourth-order valence-corrected chi connectivity index (χ4v) is 3.77. The molecule has 2 amide bonds. The molecule has 168 valence electrons. The third-order valence-corrected chi connectivity index (χ3v) is 6.09. The van der Waals surface area contributed by atoms with E-state index in [1.165, 1.54) is 11.8 Å². The molecule has 0 atom stereocenters. The summed E-state index contributed by atoms with van der Waals surface area (Å²) in [7, 11) is 1.74. The minimum atomic E-state index is -0.267. The van der Waals surface area contributed by atoms with Gasteiger partial charge in [-0.2, -0.15) is 0 Å². The van der Waals surface area contributed by atoms with Crippen LogP contribution in [0.5, 0.6) is 5.75 Å². The predicted octanol–water partition coefficient (Wildman–Crippen LogP) is 4.43. The van der Waals surface area contributed by atoms with Crippen molar-refractivity contribution in [2.45, 2.75) is 18.5 Å². The van der Waals surface area contributed by atoms with Crippen LogP contribution in [-0.2, 0) is 23.1 Å². The number of rotatable bonds is 9. The number of halogens is 2. The molecule has 0 aliphatic rings. The molecule has 0 unspecified atom stereocenters. The summed E-state index contributed by atoms with van der Waals surface area (Å²) in [4.78, 5) is 24.6. The lowest BCUT2D eigenvalue weighted by molar-refractivity contribution is -0.116. The van der Waals surface area contributed by atoms with Crippen LogP contribution >= 0.6 is 35.0 Å². The molecule has 1 aromatic heterocycles. The standard InChI is InChI=1S/C21H21Cl2N5O3S/c1-3-31-14-9-7-13(8-10-14)24-18(29)11-17-26-27-21(28(17)2)32-12-19(30)25-16-6-4-5-15(22)20(16)23/h4-10H,3,11-12H2,1-2H3,(H,24,29)(H,25,30). The lowest BCUT2D eigenvalue weighted by atomic mass is 10.3. The van der Waals surface area contributed by atoms with E-state index in [1.54, 1.807) is 54.1 Å². The molecule has 2 N–H and O–H groups in total. The highest BCUT2D eigenvalue weighted by atomic mass is 35.5. The Morgan fingerprint density at radius 2 is 1.81 bits per heavy atom. The number of ether oxygens (including phenoxy) is 1. The molecule has 0 fully saturated rings. The number of aromatic nitrogens is 3. The van der Waals surface area contributed by atoms with Gasteiger partial charge in [0.05, 0.1) is 34.5 Å². The molecule has 8 nitrogen and oxygen atoms in total. The number of benzene rings is 2. The van der Waals surface area contributed by atoms with Crippen LogP contribution in [0.15, 0.2) is 47.6 Å². The van der Waals surface area contributed by atoms with Crippen molar-refractivity contribution in [2.75, 3.05) is 23.0 Å². The van der Waals surface area contributed by atoms with E-state index in [-0.39, 0.29) is 29.0 Å². The minimum absolute atomic E-state index is 0.0432. The summed E-state index contributed by atoms with van der Waals surface area (Å²) < 4.78 is 7.07. The summed E-state index contributed by atoms with van der Waals surface area (Å²) in [5, 5.41) is 14.8. The molecule has 1 heterocycles. The fourth-order valence-electron chi connectivity index (χ4n) is 2.69. The Bertz CT molecular complexity index is 1110. The Kier molecular flexibility index (Phi) is 8.38. The quantitative estimate of drug-likeness (QED) is 0.427. The van der Waals surface area contributed by atoms with Gasteiger partial charge in [-0.3, -0.25) is 9.59 Å². The van der Waals surface area contributed by atoms with Gasteiger partial charge in [0.1, 0.15) is 11.6 Å². The van der Waals surface area contributed by atoms with Crippen molar-refractivity contribution in [3.05, 3.63) is 58.3 Å². The molecule has 0 radical (unpaired) electrons. The molecule has 0 saturated carbocycles. The summed E-state index contributed by atoms with van der Waals surface area (Å²) in [5.41, 5.74) is 1.10. The van der Waals surface area contributed by atoms with Gasteiger partial charge in [0.2, 0.25) is 11.8 Å². The van der Waals surface area contributed by atoms with E-state index in [9.17, 15) is 9.59 Å². The summed E-state index contributed by atoms with van der Waals surface area (Å²) in [6.07, 6.45) is 0.0432. The summed E-state index contributed by atoms with van der Waals surface area (Å²) >= 11 is 13.2. The monoisotopic (exact) mass is 493 g/mol. The largest absolute Gasteiger partial charge is 0.494 e. The highest BCUT2D eigenvalue weighted by Crippen LogP contribution is 2.29. The number of nitrogens with zero attached hydrogens (tertiary/aromatic N) is 3. The van der Waals surface area contributed by atoms with Crippen LogP contribution in [0.3, 0.4) is 0 Å². The second-order valence-electron chi connectivity index (χ2n) is 6.58. The molecule has 0 aliphatic carbocycles. The van der Waals surface area contributed by atoms with Gasteiger partial charge >= 0.3 is 0 Å². The van der Waals surface area contributed by atoms with Crippen molar-refractivity contribution in [3.8, 4) is 5.75 Å². The summed E-state index contributed by atoms with van der Waals surface area (Å²) in [5.74, 6) is 0.815. The number of nitrogens with one attached hydrogen (secondary N) is 2. The molecule has 32 heavy (non-hydrogen) atoms. The van der Waals surface area contributed by atoms with E-state index < -0.39 is 0 Å². The summed E-state index contributed by atoms with van der Waals surface area (Å²) in [6.45, 7) is 2.48. The van der Waals surface area contributed by atoms with Crippen LogP contribution in [0.1, 0.15) is 12.7 Å². The number of carbonyl (C=O) groups is 2. The van der Waals surface area contributed by atoms with Crippen molar-refractivity contribution >= 4 is 58.2 Å². The lowest BCUT2D eigenvalue weighted by Gasteiger charge is -2.08. The molecule has 3 aromatic rings. The Morgan fingerprint density at radius 1 is 1.06 bits per heavy atom. The van der Waals surface area contributed by atoms with Gasteiger partial charge < -0.3 is 19.9 Å². The molecule has 2 aromatic carbocycles. The topological polar surface area (TPSA) is 98.1 Å². The average molecular weight is 494 g/mol. The van der Waals surface area contributed by atoms with Crippen LogP contribution in [-0.4, -0.2) is 38.9 Å². The number of amides is 2. The zero-order valence-corrected chi connectivity index (χ0v) is 19.7. The smallest absolute Gasteiger partial charge is 0.234 e. The minimum Gasteiger partial charge on any atom is -0.494 e. The van der Waals surface area contributed by atoms with Crippen molar-refractivity contribution in [1.29, 1.82) is 0 Å². The number of anilines is 2. The van der Waals surface area contributed by atoms with E-state index in [1.807, 2.05) is 6.92 Å². The predicted molar refractivity (Wildman–Crippen MR) is 127 cm³/mol. The SMILES string of the molecule is CCOc1ccc(NC(=O)Cc2nnc(SCC(=O)Nc3cccc(Cl)c3Cl)n2C)cc1. The molecular weight excluding hydrogens is 473 g/mol. The average Bonchev–Trinajstić information content (AvgIpc) is 3.10. The van der Waals surface area contributed by atoms with E-state index in [0.29, 0.717) is 34.0 Å². The fraction of sp³-hybridized carbons (Fsp3) is 0.238. The maximum Gasteiger partial charge on any atom is 0.234 e. The first-order valence-electron chi connectivity index (χ1n) is 9.65.